The van der Waals surface area contributed by atoms with Crippen LogP contribution in [0.15, 0.2) is 79.0 Å². The molecular weight excluding hydrogens is 449 g/mol. The van der Waals surface area contributed by atoms with Crippen molar-refractivity contribution < 1.29 is 13.9 Å². The predicted octanol–water partition coefficient (Wildman–Crippen LogP) is 6.06. The number of hydrogen-bond acceptors (Lipinski definition) is 4. The average Bonchev–Trinajstić information content (AvgIpc) is 3.40. The number of aryl methyl sites for hydroxylation is 1. The van der Waals surface area contributed by atoms with Gasteiger partial charge in [0.05, 0.1) is 18.2 Å². The summed E-state index contributed by atoms with van der Waals surface area (Å²) in [5, 5.41) is 3.13. The highest BCUT2D eigenvalue weighted by Gasteiger charge is 2.32. The molecule has 0 saturated carbocycles. The van der Waals surface area contributed by atoms with E-state index in [-0.39, 0.29) is 11.7 Å². The van der Waals surface area contributed by atoms with Crippen LogP contribution in [0.5, 0.6) is 11.5 Å². The molecule has 5 nitrogen and oxygen atoms in total. The number of nitrogens with one attached hydrogen (secondary N) is 1. The van der Waals surface area contributed by atoms with E-state index < -0.39 is 5.92 Å². The zero-order valence-corrected chi connectivity index (χ0v) is 19.1. The van der Waals surface area contributed by atoms with Gasteiger partial charge >= 0.3 is 0 Å². The number of nitrogens with zero attached hydrogens (tertiary/aromatic N) is 2. The molecule has 1 aliphatic heterocycles. The number of halogens is 1. The van der Waals surface area contributed by atoms with Crippen molar-refractivity contribution in [3.8, 4) is 22.8 Å². The van der Waals surface area contributed by atoms with E-state index in [1.54, 1.807) is 23.5 Å². The van der Waals surface area contributed by atoms with E-state index in [2.05, 4.69) is 5.32 Å². The van der Waals surface area contributed by atoms with Crippen LogP contribution in [0.3, 0.4) is 0 Å². The number of carbonyl (C=O) groups is 1. The molecule has 7 heteroatoms. The highest BCUT2D eigenvalue weighted by atomic mass is 32.1. The number of rotatable bonds is 4. The molecule has 34 heavy (non-hydrogen) atoms. The van der Waals surface area contributed by atoms with Gasteiger partial charge in [-0.1, -0.05) is 47.7 Å². The number of para-hydroxylation sites is 2. The maximum atomic E-state index is 13.4. The minimum atomic E-state index is -0.435. The van der Waals surface area contributed by atoms with Gasteiger partial charge < -0.3 is 10.1 Å². The zero-order chi connectivity index (χ0) is 23.2. The third-order valence-electron chi connectivity index (χ3n) is 6.16. The Labute approximate surface area is 199 Å². The number of carbonyl (C=O) groups excluding carboxylic acids is 1. The van der Waals surface area contributed by atoms with Crippen molar-refractivity contribution in [2.24, 2.45) is 0 Å². The van der Waals surface area contributed by atoms with Gasteiger partial charge in [0.25, 0.3) is 0 Å². The Morgan fingerprint density at radius 2 is 1.68 bits per heavy atom. The summed E-state index contributed by atoms with van der Waals surface area (Å²) in [6.07, 6.45) is 1.95. The molecule has 2 aromatic heterocycles. The standard InChI is InChI=1S/C27H20FN3O2S/c1-16-24(34-27-30-21(15-31(16)27)17-10-12-18(28)13-11-17)14-29-26(32)25-19-6-2-4-8-22(19)33-23-9-5-3-7-20(23)25/h2-13,15,25H,14H2,1H3,(H,29,32). The van der Waals surface area contributed by atoms with Crippen LogP contribution >= 0.6 is 11.3 Å². The first-order chi connectivity index (χ1) is 16.6. The summed E-state index contributed by atoms with van der Waals surface area (Å²) in [5.74, 6) is 0.644. The van der Waals surface area contributed by atoms with E-state index in [1.165, 1.54) is 12.1 Å². The summed E-state index contributed by atoms with van der Waals surface area (Å²) >= 11 is 1.54. The fourth-order valence-electron chi connectivity index (χ4n) is 4.38. The number of aromatic nitrogens is 2. The predicted molar refractivity (Wildman–Crippen MR) is 130 cm³/mol. The Morgan fingerprint density at radius 1 is 1.03 bits per heavy atom. The summed E-state index contributed by atoms with van der Waals surface area (Å²) in [6, 6.07) is 21.6. The van der Waals surface area contributed by atoms with Crippen molar-refractivity contribution in [3.63, 3.8) is 0 Å². The molecule has 0 fully saturated rings. The Balaban J connectivity index is 1.26. The molecule has 0 spiro atoms. The number of imidazole rings is 1. The minimum absolute atomic E-state index is 0.0689. The molecule has 168 valence electrons. The maximum Gasteiger partial charge on any atom is 0.232 e. The lowest BCUT2D eigenvalue weighted by atomic mass is 9.87. The highest BCUT2D eigenvalue weighted by molar-refractivity contribution is 7.17. The second-order valence-electron chi connectivity index (χ2n) is 8.22. The summed E-state index contributed by atoms with van der Waals surface area (Å²) in [7, 11) is 0. The lowest BCUT2D eigenvalue weighted by molar-refractivity contribution is -0.122. The molecule has 0 aliphatic carbocycles. The SMILES string of the molecule is Cc1c(CNC(=O)C2c3ccccc3Oc3ccccc32)sc2nc(-c3ccc(F)cc3)cn12. The van der Waals surface area contributed by atoms with Gasteiger partial charge in [-0.3, -0.25) is 9.20 Å². The summed E-state index contributed by atoms with van der Waals surface area (Å²) in [5.41, 5.74) is 4.40. The van der Waals surface area contributed by atoms with Crippen LogP contribution in [0.25, 0.3) is 16.2 Å². The molecule has 0 unspecified atom stereocenters. The summed E-state index contributed by atoms with van der Waals surface area (Å²) < 4.78 is 21.3. The molecule has 1 aliphatic rings. The van der Waals surface area contributed by atoms with Gasteiger partial charge in [-0.25, -0.2) is 9.37 Å². The van der Waals surface area contributed by atoms with E-state index in [1.807, 2.05) is 66.1 Å². The first kappa shape index (κ1) is 20.6. The Kier molecular flexibility index (Phi) is 4.92. The lowest BCUT2D eigenvalue weighted by Gasteiger charge is -2.27. The fraction of sp³-hybridized carbons (Fsp3) is 0.111. The molecular formula is C27H20FN3O2S. The topological polar surface area (TPSA) is 55.6 Å². The molecule has 3 aromatic carbocycles. The van der Waals surface area contributed by atoms with Gasteiger partial charge in [-0.2, -0.15) is 0 Å². The van der Waals surface area contributed by atoms with E-state index >= 15 is 0 Å². The van der Waals surface area contributed by atoms with Gasteiger partial charge in [-0.05, 0) is 43.3 Å². The van der Waals surface area contributed by atoms with Crippen LogP contribution in [0.1, 0.15) is 27.6 Å². The number of fused-ring (bicyclic) bond motifs is 3. The van der Waals surface area contributed by atoms with Crippen molar-refractivity contribution in [1.29, 1.82) is 0 Å². The van der Waals surface area contributed by atoms with Gasteiger partial charge in [0.1, 0.15) is 17.3 Å². The third kappa shape index (κ3) is 3.45. The number of benzene rings is 3. The Hall–Kier alpha value is -3.97. The molecule has 0 atom stereocenters. The second kappa shape index (κ2) is 8.11. The van der Waals surface area contributed by atoms with Crippen molar-refractivity contribution >= 4 is 22.2 Å². The number of hydrogen-bond donors (Lipinski definition) is 1. The zero-order valence-electron chi connectivity index (χ0n) is 18.3. The third-order valence-corrected chi connectivity index (χ3v) is 7.31. The first-order valence-electron chi connectivity index (χ1n) is 11.0. The second-order valence-corrected chi connectivity index (χ2v) is 9.29. The molecule has 0 radical (unpaired) electrons. The van der Waals surface area contributed by atoms with Crippen LogP contribution in [0.2, 0.25) is 0 Å². The first-order valence-corrected chi connectivity index (χ1v) is 11.8. The van der Waals surface area contributed by atoms with Crippen LogP contribution in [-0.2, 0) is 11.3 Å². The normalized spacial score (nSPS) is 12.8. The highest BCUT2D eigenvalue weighted by Crippen LogP contribution is 2.44. The monoisotopic (exact) mass is 469 g/mol. The van der Waals surface area contributed by atoms with Gasteiger partial charge in [0.2, 0.25) is 5.91 Å². The van der Waals surface area contributed by atoms with E-state index in [0.717, 1.165) is 37.9 Å². The van der Waals surface area contributed by atoms with E-state index in [0.29, 0.717) is 18.0 Å². The summed E-state index contributed by atoms with van der Waals surface area (Å²) in [4.78, 5) is 20.0. The molecule has 5 aromatic rings. The van der Waals surface area contributed by atoms with Crippen LogP contribution < -0.4 is 10.1 Å². The van der Waals surface area contributed by atoms with E-state index in [9.17, 15) is 9.18 Å². The lowest BCUT2D eigenvalue weighted by Crippen LogP contribution is -2.31. The van der Waals surface area contributed by atoms with Crippen molar-refractivity contribution in [2.75, 3.05) is 0 Å². The minimum Gasteiger partial charge on any atom is -0.457 e. The van der Waals surface area contributed by atoms with Crippen molar-refractivity contribution in [2.45, 2.75) is 19.4 Å². The summed E-state index contributed by atoms with van der Waals surface area (Å²) in [6.45, 7) is 2.42. The molecule has 1 N–H and O–H groups in total. The maximum absolute atomic E-state index is 13.4. The van der Waals surface area contributed by atoms with Gasteiger partial charge in [0, 0.05) is 33.5 Å². The van der Waals surface area contributed by atoms with Crippen molar-refractivity contribution in [3.05, 3.63) is 107 Å². The number of amides is 1. The molecule has 0 saturated heterocycles. The van der Waals surface area contributed by atoms with Crippen molar-refractivity contribution in [1.82, 2.24) is 14.7 Å². The molecule has 6 rings (SSSR count). The van der Waals surface area contributed by atoms with Gasteiger partial charge in [-0.15, -0.1) is 0 Å². The quantitative estimate of drug-likeness (QED) is 0.348. The van der Waals surface area contributed by atoms with E-state index in [4.69, 9.17) is 9.72 Å². The number of ether oxygens (including phenoxy) is 1. The Morgan fingerprint density at radius 3 is 2.32 bits per heavy atom. The van der Waals surface area contributed by atoms with Gasteiger partial charge in [0.15, 0.2) is 4.96 Å². The largest absolute Gasteiger partial charge is 0.457 e. The molecule has 3 heterocycles. The van der Waals surface area contributed by atoms with Crippen LogP contribution in [0, 0.1) is 12.7 Å². The van der Waals surface area contributed by atoms with Crippen LogP contribution in [-0.4, -0.2) is 15.3 Å². The fourth-order valence-corrected chi connectivity index (χ4v) is 5.42. The van der Waals surface area contributed by atoms with Crippen LogP contribution in [0.4, 0.5) is 4.39 Å². The molecule has 0 bridgehead atoms. The number of thiazole rings is 1. The average molecular weight is 470 g/mol. The molecule has 1 amide bonds. The smallest absolute Gasteiger partial charge is 0.232 e. The Bertz CT molecular complexity index is 1490.